The number of pyridine rings is 1. The van der Waals surface area contributed by atoms with Crippen LogP contribution in [0.15, 0.2) is 35.5 Å². The zero-order valence-corrected chi connectivity index (χ0v) is 14.4. The van der Waals surface area contributed by atoms with Gasteiger partial charge < -0.3 is 14.0 Å². The van der Waals surface area contributed by atoms with Crippen molar-refractivity contribution in [3.63, 3.8) is 0 Å². The van der Waals surface area contributed by atoms with Gasteiger partial charge in [0.2, 0.25) is 6.86 Å². The lowest BCUT2D eigenvalue weighted by Gasteiger charge is -2.24. The minimum Gasteiger partial charge on any atom is -0.492 e. The van der Waals surface area contributed by atoms with Crippen molar-refractivity contribution in [3.05, 3.63) is 52.1 Å². The summed E-state index contributed by atoms with van der Waals surface area (Å²) in [5.41, 5.74) is -0.124. The lowest BCUT2D eigenvalue weighted by molar-refractivity contribution is -0.138. The first-order chi connectivity index (χ1) is 12.3. The summed E-state index contributed by atoms with van der Waals surface area (Å²) in [5.74, 6) is 0.219. The smallest absolute Gasteiger partial charge is 0.417 e. The second kappa shape index (κ2) is 7.19. The lowest BCUT2D eigenvalue weighted by atomic mass is 10.0. The number of hydrogen-bond acceptors (Lipinski definition) is 3. The van der Waals surface area contributed by atoms with Crippen molar-refractivity contribution in [3.8, 4) is 11.5 Å². The topological polar surface area (TPSA) is 35.8 Å². The average Bonchev–Trinajstić information content (AvgIpc) is 2.57. The van der Waals surface area contributed by atoms with E-state index >= 15 is 0 Å². The maximum atomic E-state index is 13.0. The van der Waals surface area contributed by atoms with Gasteiger partial charge in [-0.15, -0.1) is 0 Å². The number of hydrogen-bond donors (Lipinski definition) is 0. The molecule has 140 valence electrons. The molecule has 0 spiro atoms. The zero-order valence-electron chi connectivity index (χ0n) is 13.7. The van der Waals surface area contributed by atoms with Crippen LogP contribution >= 0.6 is 11.6 Å². The van der Waals surface area contributed by atoms with Crippen molar-refractivity contribution in [1.29, 1.82) is 0 Å². The van der Waals surface area contributed by atoms with Gasteiger partial charge in [0.05, 0.1) is 23.2 Å². The number of alkyl halides is 4. The molecule has 1 aromatic carbocycles. The molecule has 0 fully saturated rings. The zero-order chi connectivity index (χ0) is 18.9. The summed E-state index contributed by atoms with van der Waals surface area (Å²) < 4.78 is 63.2. The molecule has 0 N–H and O–H groups in total. The minimum absolute atomic E-state index is 0.105. The molecule has 1 atom stereocenters. The van der Waals surface area contributed by atoms with E-state index in [2.05, 4.69) is 4.99 Å². The van der Waals surface area contributed by atoms with Gasteiger partial charge >= 0.3 is 6.18 Å². The van der Waals surface area contributed by atoms with Crippen LogP contribution in [-0.4, -0.2) is 18.0 Å². The number of para-hydroxylation sites is 1. The molecular formula is C17H15ClF4N2O2. The van der Waals surface area contributed by atoms with Crippen LogP contribution in [0, 0.1) is 0 Å². The van der Waals surface area contributed by atoms with Crippen molar-refractivity contribution in [2.24, 2.45) is 12.0 Å². The maximum Gasteiger partial charge on any atom is 0.417 e. The first-order valence-corrected chi connectivity index (χ1v) is 8.10. The third-order valence-electron chi connectivity index (χ3n) is 3.98. The van der Waals surface area contributed by atoms with E-state index in [1.54, 1.807) is 18.2 Å². The Morgan fingerprint density at radius 2 is 2.15 bits per heavy atom. The highest BCUT2D eigenvalue weighted by Crippen LogP contribution is 2.39. The van der Waals surface area contributed by atoms with Crippen LogP contribution in [0.5, 0.6) is 11.5 Å². The van der Waals surface area contributed by atoms with E-state index in [0.29, 0.717) is 23.8 Å². The predicted octanol–water partition coefficient (Wildman–Crippen LogP) is 4.43. The normalized spacial score (nSPS) is 17.6. The van der Waals surface area contributed by atoms with Crippen molar-refractivity contribution in [2.45, 2.75) is 18.6 Å². The van der Waals surface area contributed by atoms with E-state index in [1.807, 2.05) is 0 Å². The van der Waals surface area contributed by atoms with Gasteiger partial charge in [-0.2, -0.15) is 13.2 Å². The number of halogens is 5. The average molecular weight is 391 g/mol. The molecule has 26 heavy (non-hydrogen) atoms. The molecule has 1 aliphatic rings. The van der Waals surface area contributed by atoms with Gasteiger partial charge in [0, 0.05) is 25.2 Å². The van der Waals surface area contributed by atoms with Crippen LogP contribution in [0.1, 0.15) is 23.6 Å². The molecule has 4 nitrogen and oxygen atoms in total. The summed E-state index contributed by atoms with van der Waals surface area (Å²) in [5, 5.41) is 0.430. The summed E-state index contributed by atoms with van der Waals surface area (Å²) in [4.78, 5) is 4.51. The van der Waals surface area contributed by atoms with E-state index in [9.17, 15) is 17.6 Å². The molecule has 1 unspecified atom stereocenters. The van der Waals surface area contributed by atoms with Gasteiger partial charge in [0.1, 0.15) is 5.75 Å². The second-order valence-electron chi connectivity index (χ2n) is 5.72. The third kappa shape index (κ3) is 3.65. The van der Waals surface area contributed by atoms with Crippen LogP contribution in [0.2, 0.25) is 5.02 Å². The lowest BCUT2D eigenvalue weighted by Crippen LogP contribution is -2.25. The molecule has 0 aliphatic carbocycles. The molecule has 3 rings (SSSR count). The van der Waals surface area contributed by atoms with E-state index < -0.39 is 24.6 Å². The number of rotatable bonds is 3. The first-order valence-electron chi connectivity index (χ1n) is 7.73. The van der Waals surface area contributed by atoms with Crippen LogP contribution in [0.25, 0.3) is 0 Å². The van der Waals surface area contributed by atoms with Crippen LogP contribution < -0.4 is 15.0 Å². The van der Waals surface area contributed by atoms with Gasteiger partial charge in [-0.05, 0) is 12.1 Å². The highest BCUT2D eigenvalue weighted by atomic mass is 35.5. The molecule has 0 radical (unpaired) electrons. The monoisotopic (exact) mass is 390 g/mol. The van der Waals surface area contributed by atoms with Gasteiger partial charge in [0.15, 0.2) is 11.2 Å². The van der Waals surface area contributed by atoms with E-state index in [1.165, 1.54) is 11.6 Å². The fraction of sp³-hybridized carbons (Fsp3) is 0.353. The van der Waals surface area contributed by atoms with Gasteiger partial charge in [-0.25, -0.2) is 4.39 Å². The SMILES string of the molecule is Cn1cc(C(F)(F)F)cc(OCF)/c1=N/C1CCOc2c(Cl)cccc21. The molecule has 2 aromatic rings. The Labute approximate surface area is 151 Å². The molecule has 1 aromatic heterocycles. The molecule has 9 heteroatoms. The molecular weight excluding hydrogens is 376 g/mol. The minimum atomic E-state index is -4.58. The molecule has 0 amide bonds. The molecule has 1 aliphatic heterocycles. The Bertz CT molecular complexity index is 880. The van der Waals surface area contributed by atoms with E-state index in [-0.39, 0.29) is 11.2 Å². The van der Waals surface area contributed by atoms with E-state index in [0.717, 1.165) is 17.8 Å². The Morgan fingerprint density at radius 1 is 1.38 bits per heavy atom. The van der Waals surface area contributed by atoms with Crippen LogP contribution in [0.3, 0.4) is 0 Å². The molecule has 0 saturated heterocycles. The first kappa shape index (κ1) is 18.6. The number of benzene rings is 1. The summed E-state index contributed by atoms with van der Waals surface area (Å²) >= 11 is 6.12. The Morgan fingerprint density at radius 3 is 2.85 bits per heavy atom. The van der Waals surface area contributed by atoms with Gasteiger partial charge in [0.25, 0.3) is 0 Å². The summed E-state index contributed by atoms with van der Waals surface area (Å²) in [6.45, 7) is -0.908. The molecule has 0 bridgehead atoms. The Kier molecular flexibility index (Phi) is 5.13. The quantitative estimate of drug-likeness (QED) is 0.727. The standard InChI is InChI=1S/C17H15ClF4N2O2/c1-24-8-10(17(20,21)22)7-14(26-9-19)16(24)23-13-5-6-25-15-11(13)3-2-4-12(15)18/h2-4,7-8,13H,5-6,9H2,1H3/b23-16-. The Balaban J connectivity index is 2.14. The van der Waals surface area contributed by atoms with Crippen molar-refractivity contribution in [1.82, 2.24) is 4.57 Å². The third-order valence-corrected chi connectivity index (χ3v) is 4.28. The summed E-state index contributed by atoms with van der Waals surface area (Å²) in [6.07, 6.45) is -3.19. The van der Waals surface area contributed by atoms with Crippen LogP contribution in [0.4, 0.5) is 17.6 Å². The Hall–Kier alpha value is -2.22. The highest BCUT2D eigenvalue weighted by molar-refractivity contribution is 6.32. The predicted molar refractivity (Wildman–Crippen MR) is 86.9 cm³/mol. The van der Waals surface area contributed by atoms with Crippen molar-refractivity contribution >= 4 is 11.6 Å². The molecule has 2 heterocycles. The van der Waals surface area contributed by atoms with Gasteiger partial charge in [-0.1, -0.05) is 23.7 Å². The van der Waals surface area contributed by atoms with Crippen LogP contribution in [-0.2, 0) is 13.2 Å². The molecule has 0 saturated carbocycles. The fourth-order valence-corrected chi connectivity index (χ4v) is 3.05. The number of fused-ring (bicyclic) bond motifs is 1. The largest absolute Gasteiger partial charge is 0.492 e. The van der Waals surface area contributed by atoms with E-state index in [4.69, 9.17) is 21.1 Å². The fourth-order valence-electron chi connectivity index (χ4n) is 2.81. The summed E-state index contributed by atoms with van der Waals surface area (Å²) in [6, 6.07) is 5.55. The van der Waals surface area contributed by atoms with Crippen molar-refractivity contribution < 1.29 is 27.0 Å². The second-order valence-corrected chi connectivity index (χ2v) is 6.13. The number of ether oxygens (including phenoxy) is 2. The highest BCUT2D eigenvalue weighted by Gasteiger charge is 2.32. The van der Waals surface area contributed by atoms with Crippen molar-refractivity contribution in [2.75, 3.05) is 13.5 Å². The maximum absolute atomic E-state index is 13.0. The number of nitrogens with zero attached hydrogens (tertiary/aromatic N) is 2. The van der Waals surface area contributed by atoms with Gasteiger partial charge in [-0.3, -0.25) is 4.99 Å². The number of aryl methyl sites for hydroxylation is 1. The summed E-state index contributed by atoms with van der Waals surface area (Å²) in [7, 11) is 1.40. The number of aromatic nitrogens is 1.